The molecule has 0 saturated heterocycles. The first-order valence-corrected chi connectivity index (χ1v) is 6.82. The SMILES string of the molecule is CCCCCCNC(=O)Nc1ccccc1OC(F)(F)F. The fourth-order valence-electron chi connectivity index (χ4n) is 1.70. The maximum Gasteiger partial charge on any atom is 0.573 e. The molecular weight excluding hydrogens is 285 g/mol. The van der Waals surface area contributed by atoms with Gasteiger partial charge in [-0.05, 0) is 18.6 Å². The van der Waals surface area contributed by atoms with E-state index in [4.69, 9.17) is 0 Å². The molecular formula is C14H19F3N2O2. The number of hydrogen-bond acceptors (Lipinski definition) is 2. The molecule has 4 nitrogen and oxygen atoms in total. The molecule has 0 spiro atoms. The molecule has 0 heterocycles. The van der Waals surface area contributed by atoms with Gasteiger partial charge in [0.15, 0.2) is 5.75 Å². The molecule has 21 heavy (non-hydrogen) atoms. The fraction of sp³-hybridized carbons (Fsp3) is 0.500. The lowest BCUT2D eigenvalue weighted by Crippen LogP contribution is -2.30. The van der Waals surface area contributed by atoms with Gasteiger partial charge in [0.05, 0.1) is 5.69 Å². The third kappa shape index (κ3) is 7.43. The Labute approximate surface area is 121 Å². The van der Waals surface area contributed by atoms with Crippen molar-refractivity contribution >= 4 is 11.7 Å². The maximum atomic E-state index is 12.2. The standard InChI is InChI=1S/C14H19F3N2O2/c1-2-3-4-7-10-18-13(20)19-11-8-5-6-9-12(11)21-14(15,16)17/h5-6,8-9H,2-4,7,10H2,1H3,(H2,18,19,20). The third-order valence-electron chi connectivity index (χ3n) is 2.68. The van der Waals surface area contributed by atoms with E-state index in [9.17, 15) is 18.0 Å². The lowest BCUT2D eigenvalue weighted by molar-refractivity contribution is -0.274. The minimum absolute atomic E-state index is 0.0270. The van der Waals surface area contributed by atoms with Gasteiger partial charge in [0.25, 0.3) is 0 Å². The topological polar surface area (TPSA) is 50.4 Å². The van der Waals surface area contributed by atoms with Gasteiger partial charge < -0.3 is 15.4 Å². The first kappa shape index (κ1) is 17.1. The Bertz CT molecular complexity index is 450. The Morgan fingerprint density at radius 3 is 2.57 bits per heavy atom. The average molecular weight is 304 g/mol. The van der Waals surface area contributed by atoms with Crippen LogP contribution in [0.25, 0.3) is 0 Å². The van der Waals surface area contributed by atoms with Crippen LogP contribution in [-0.4, -0.2) is 18.9 Å². The van der Waals surface area contributed by atoms with Crippen LogP contribution in [0.15, 0.2) is 24.3 Å². The number of amides is 2. The highest BCUT2D eigenvalue weighted by atomic mass is 19.4. The quantitative estimate of drug-likeness (QED) is 0.738. The van der Waals surface area contributed by atoms with Gasteiger partial charge in [0.1, 0.15) is 0 Å². The summed E-state index contributed by atoms with van der Waals surface area (Å²) in [6.45, 7) is 2.56. The Morgan fingerprint density at radius 2 is 1.90 bits per heavy atom. The van der Waals surface area contributed by atoms with E-state index in [2.05, 4.69) is 22.3 Å². The molecule has 1 aromatic rings. The zero-order valence-electron chi connectivity index (χ0n) is 11.8. The highest BCUT2D eigenvalue weighted by Gasteiger charge is 2.32. The molecule has 0 unspecified atom stereocenters. The molecule has 0 aromatic heterocycles. The number of carbonyl (C=O) groups excluding carboxylic acids is 1. The molecule has 0 bridgehead atoms. The van der Waals surface area contributed by atoms with Gasteiger partial charge in [0.2, 0.25) is 0 Å². The molecule has 0 aliphatic carbocycles. The van der Waals surface area contributed by atoms with E-state index in [0.717, 1.165) is 31.7 Å². The van der Waals surface area contributed by atoms with Crippen LogP contribution in [-0.2, 0) is 0 Å². The van der Waals surface area contributed by atoms with E-state index in [1.807, 2.05) is 0 Å². The molecule has 0 aliphatic heterocycles. The number of nitrogens with one attached hydrogen (secondary N) is 2. The average Bonchev–Trinajstić information content (AvgIpc) is 2.39. The van der Waals surface area contributed by atoms with E-state index < -0.39 is 18.1 Å². The second-order valence-corrected chi connectivity index (χ2v) is 4.49. The predicted octanol–water partition coefficient (Wildman–Crippen LogP) is 4.29. The summed E-state index contributed by atoms with van der Waals surface area (Å²) in [7, 11) is 0. The van der Waals surface area contributed by atoms with Crippen molar-refractivity contribution in [2.24, 2.45) is 0 Å². The number of hydrogen-bond donors (Lipinski definition) is 2. The third-order valence-corrected chi connectivity index (χ3v) is 2.68. The minimum Gasteiger partial charge on any atom is -0.404 e. The highest BCUT2D eigenvalue weighted by Crippen LogP contribution is 2.29. The van der Waals surface area contributed by atoms with Crippen LogP contribution in [0, 0.1) is 0 Å². The summed E-state index contributed by atoms with van der Waals surface area (Å²) in [5.74, 6) is -0.439. The smallest absolute Gasteiger partial charge is 0.404 e. The number of halogens is 3. The van der Waals surface area contributed by atoms with Crippen molar-refractivity contribution in [3.8, 4) is 5.75 Å². The predicted molar refractivity (Wildman–Crippen MR) is 74.3 cm³/mol. The second kappa shape index (κ2) is 8.39. The summed E-state index contributed by atoms with van der Waals surface area (Å²) in [6, 6.07) is 4.85. The monoisotopic (exact) mass is 304 g/mol. The van der Waals surface area contributed by atoms with Crippen LogP contribution in [0.2, 0.25) is 0 Å². The van der Waals surface area contributed by atoms with Gasteiger partial charge in [-0.1, -0.05) is 38.3 Å². The lowest BCUT2D eigenvalue weighted by Gasteiger charge is -2.14. The van der Waals surface area contributed by atoms with Crippen LogP contribution >= 0.6 is 0 Å². The molecule has 0 fully saturated rings. The lowest BCUT2D eigenvalue weighted by atomic mass is 10.2. The van der Waals surface area contributed by atoms with Gasteiger partial charge in [-0.2, -0.15) is 0 Å². The number of ether oxygens (including phenoxy) is 1. The number of rotatable bonds is 7. The number of benzene rings is 1. The van der Waals surface area contributed by atoms with E-state index in [-0.39, 0.29) is 5.69 Å². The van der Waals surface area contributed by atoms with Crippen molar-refractivity contribution in [3.05, 3.63) is 24.3 Å². The van der Waals surface area contributed by atoms with Crippen LogP contribution in [0.4, 0.5) is 23.7 Å². The summed E-state index contributed by atoms with van der Waals surface area (Å²) in [4.78, 5) is 11.6. The van der Waals surface area contributed by atoms with Crippen molar-refractivity contribution in [2.45, 2.75) is 39.0 Å². The second-order valence-electron chi connectivity index (χ2n) is 4.49. The van der Waals surface area contributed by atoms with E-state index in [0.29, 0.717) is 6.54 Å². The molecule has 0 radical (unpaired) electrons. The summed E-state index contributed by atoms with van der Waals surface area (Å²) in [5.41, 5.74) is -0.0270. The summed E-state index contributed by atoms with van der Waals surface area (Å²) in [5, 5.41) is 4.94. The van der Waals surface area contributed by atoms with Crippen molar-refractivity contribution in [3.63, 3.8) is 0 Å². The van der Waals surface area contributed by atoms with Crippen LogP contribution in [0.1, 0.15) is 32.6 Å². The minimum atomic E-state index is -4.80. The molecule has 0 atom stereocenters. The number of para-hydroxylation sites is 2. The Kier molecular flexibility index (Phi) is 6.84. The summed E-state index contributed by atoms with van der Waals surface area (Å²) in [6.07, 6.45) is -0.777. The van der Waals surface area contributed by atoms with Crippen LogP contribution in [0.5, 0.6) is 5.75 Å². The highest BCUT2D eigenvalue weighted by molar-refractivity contribution is 5.90. The van der Waals surface area contributed by atoms with E-state index >= 15 is 0 Å². The normalized spacial score (nSPS) is 11.0. The van der Waals surface area contributed by atoms with Gasteiger partial charge in [-0.25, -0.2) is 4.79 Å². The number of unbranched alkanes of at least 4 members (excludes halogenated alkanes) is 3. The first-order valence-electron chi connectivity index (χ1n) is 6.82. The molecule has 2 amide bonds. The van der Waals surface area contributed by atoms with Crippen LogP contribution in [0.3, 0.4) is 0 Å². The Balaban J connectivity index is 2.48. The van der Waals surface area contributed by atoms with Gasteiger partial charge in [-0.15, -0.1) is 13.2 Å². The first-order chi connectivity index (χ1) is 9.92. The molecule has 7 heteroatoms. The molecule has 0 saturated carbocycles. The Hall–Kier alpha value is -1.92. The number of alkyl halides is 3. The summed E-state index contributed by atoms with van der Waals surface area (Å²) >= 11 is 0. The number of anilines is 1. The molecule has 0 aliphatic rings. The zero-order chi connectivity index (χ0) is 15.7. The van der Waals surface area contributed by atoms with Gasteiger partial charge in [-0.3, -0.25) is 0 Å². The Morgan fingerprint density at radius 1 is 1.19 bits per heavy atom. The molecule has 1 rings (SSSR count). The van der Waals surface area contributed by atoms with E-state index in [1.54, 1.807) is 0 Å². The summed E-state index contributed by atoms with van der Waals surface area (Å²) < 4.78 is 40.5. The van der Waals surface area contributed by atoms with Gasteiger partial charge >= 0.3 is 12.4 Å². The van der Waals surface area contributed by atoms with Gasteiger partial charge in [0, 0.05) is 6.54 Å². The van der Waals surface area contributed by atoms with E-state index in [1.165, 1.54) is 18.2 Å². The molecule has 118 valence electrons. The molecule has 2 N–H and O–H groups in total. The fourth-order valence-corrected chi connectivity index (χ4v) is 1.70. The van der Waals surface area contributed by atoms with Crippen molar-refractivity contribution in [2.75, 3.05) is 11.9 Å². The van der Waals surface area contributed by atoms with Crippen molar-refractivity contribution in [1.29, 1.82) is 0 Å². The van der Waals surface area contributed by atoms with Crippen molar-refractivity contribution in [1.82, 2.24) is 5.32 Å². The molecule has 1 aromatic carbocycles. The maximum absolute atomic E-state index is 12.2. The number of carbonyl (C=O) groups is 1. The largest absolute Gasteiger partial charge is 0.573 e. The van der Waals surface area contributed by atoms with Crippen molar-refractivity contribution < 1.29 is 22.7 Å². The zero-order valence-corrected chi connectivity index (χ0v) is 11.8. The van der Waals surface area contributed by atoms with Crippen LogP contribution < -0.4 is 15.4 Å². The number of urea groups is 1.